The predicted octanol–water partition coefficient (Wildman–Crippen LogP) is 1.43. The lowest BCUT2D eigenvalue weighted by Crippen LogP contribution is -2.32. The van der Waals surface area contributed by atoms with Gasteiger partial charge in [0.05, 0.1) is 18.3 Å². The number of hydrogen-bond acceptors (Lipinski definition) is 4. The molecule has 0 saturated carbocycles. The molecule has 2 amide bonds. The van der Waals surface area contributed by atoms with E-state index in [9.17, 15) is 9.59 Å². The van der Waals surface area contributed by atoms with Gasteiger partial charge in [-0.25, -0.2) is 4.79 Å². The molecular weight excluding hydrogens is 272 g/mol. The molecule has 7 nitrogen and oxygen atoms in total. The number of rotatable bonds is 3. The molecule has 1 aromatic heterocycles. The van der Waals surface area contributed by atoms with Crippen LogP contribution in [0, 0.1) is 0 Å². The van der Waals surface area contributed by atoms with Gasteiger partial charge >= 0.3 is 6.09 Å². The third kappa shape index (κ3) is 2.20. The van der Waals surface area contributed by atoms with Gasteiger partial charge in [0.25, 0.3) is 5.91 Å². The Balaban J connectivity index is 1.95. The number of hydrogen-bond donors (Lipinski definition) is 1. The summed E-state index contributed by atoms with van der Waals surface area (Å²) < 4.78 is 6.85. The number of benzene rings is 1. The second-order valence-corrected chi connectivity index (χ2v) is 5.31. The monoisotopic (exact) mass is 288 g/mol. The van der Waals surface area contributed by atoms with E-state index >= 15 is 0 Å². The van der Waals surface area contributed by atoms with Gasteiger partial charge in [0, 0.05) is 17.1 Å². The topological polar surface area (TPSA) is 90.5 Å². The Hall–Kier alpha value is -2.57. The van der Waals surface area contributed by atoms with E-state index in [1.165, 1.54) is 4.90 Å². The van der Waals surface area contributed by atoms with E-state index in [0.717, 1.165) is 10.9 Å². The first kappa shape index (κ1) is 13.4. The van der Waals surface area contributed by atoms with Crippen LogP contribution in [0.3, 0.4) is 0 Å². The molecule has 7 heteroatoms. The van der Waals surface area contributed by atoms with Crippen molar-refractivity contribution in [3.05, 3.63) is 24.4 Å². The van der Waals surface area contributed by atoms with E-state index in [0.29, 0.717) is 5.69 Å². The fourth-order valence-corrected chi connectivity index (χ4v) is 2.44. The largest absolute Gasteiger partial charge is 0.434 e. The van der Waals surface area contributed by atoms with Gasteiger partial charge in [-0.2, -0.15) is 5.10 Å². The lowest BCUT2D eigenvalue weighted by Gasteiger charge is -2.13. The van der Waals surface area contributed by atoms with Gasteiger partial charge in [0.1, 0.15) is 0 Å². The number of ether oxygens (including phenoxy) is 1. The fourth-order valence-electron chi connectivity index (χ4n) is 2.44. The Morgan fingerprint density at radius 2 is 2.24 bits per heavy atom. The summed E-state index contributed by atoms with van der Waals surface area (Å²) >= 11 is 0. The van der Waals surface area contributed by atoms with Gasteiger partial charge < -0.3 is 10.5 Å². The Morgan fingerprint density at radius 1 is 1.48 bits per heavy atom. The standard InChI is InChI=1S/C14H16N4O3/c1-8(2)18-11-4-3-10(5-9(11)6-16-18)17-7-12(13(15)19)21-14(17)20/h3-6,8,12H,7H2,1-2H3,(H2,15,19). The van der Waals surface area contributed by atoms with Crippen molar-refractivity contribution in [2.45, 2.75) is 26.0 Å². The summed E-state index contributed by atoms with van der Waals surface area (Å²) in [4.78, 5) is 24.3. The highest BCUT2D eigenvalue weighted by molar-refractivity contribution is 5.97. The molecule has 1 saturated heterocycles. The van der Waals surface area contributed by atoms with E-state index in [1.54, 1.807) is 6.20 Å². The van der Waals surface area contributed by atoms with Crippen LogP contribution in [-0.2, 0) is 9.53 Å². The molecule has 2 aromatic rings. The highest BCUT2D eigenvalue weighted by atomic mass is 16.6. The summed E-state index contributed by atoms with van der Waals surface area (Å²) in [5.74, 6) is -0.639. The van der Waals surface area contributed by atoms with Crippen molar-refractivity contribution in [1.82, 2.24) is 9.78 Å². The second-order valence-electron chi connectivity index (χ2n) is 5.31. The van der Waals surface area contributed by atoms with E-state index in [-0.39, 0.29) is 12.6 Å². The first-order valence-electron chi connectivity index (χ1n) is 6.72. The van der Waals surface area contributed by atoms with Gasteiger partial charge in [0.15, 0.2) is 6.10 Å². The summed E-state index contributed by atoms with van der Waals surface area (Å²) in [6.07, 6.45) is 0.298. The summed E-state index contributed by atoms with van der Waals surface area (Å²) in [6, 6.07) is 5.83. The number of fused-ring (bicyclic) bond motifs is 1. The third-order valence-electron chi connectivity index (χ3n) is 3.51. The summed E-state index contributed by atoms with van der Waals surface area (Å²) in [6.45, 7) is 4.24. The van der Waals surface area contributed by atoms with Crippen LogP contribution in [0.25, 0.3) is 10.9 Å². The average molecular weight is 288 g/mol. The second kappa shape index (κ2) is 4.76. The Morgan fingerprint density at radius 3 is 2.86 bits per heavy atom. The molecule has 1 aromatic carbocycles. The predicted molar refractivity (Wildman–Crippen MR) is 76.9 cm³/mol. The Labute approximate surface area is 121 Å². The lowest BCUT2D eigenvalue weighted by molar-refractivity contribution is -0.124. The van der Waals surface area contributed by atoms with E-state index in [2.05, 4.69) is 18.9 Å². The minimum absolute atomic E-state index is 0.137. The fraction of sp³-hybridized carbons (Fsp3) is 0.357. The molecule has 21 heavy (non-hydrogen) atoms. The van der Waals surface area contributed by atoms with Gasteiger partial charge in [-0.05, 0) is 32.0 Å². The SMILES string of the molecule is CC(C)n1ncc2cc(N3CC(C(N)=O)OC3=O)ccc21. The van der Waals surface area contributed by atoms with Gasteiger partial charge in [-0.1, -0.05) is 0 Å². The summed E-state index contributed by atoms with van der Waals surface area (Å²) in [7, 11) is 0. The van der Waals surface area contributed by atoms with Crippen molar-refractivity contribution >= 4 is 28.6 Å². The lowest BCUT2D eigenvalue weighted by atomic mass is 10.2. The highest BCUT2D eigenvalue weighted by Gasteiger charge is 2.35. The molecule has 1 atom stereocenters. The van der Waals surface area contributed by atoms with Crippen molar-refractivity contribution in [3.8, 4) is 0 Å². The molecule has 0 spiro atoms. The number of aromatic nitrogens is 2. The van der Waals surface area contributed by atoms with Gasteiger partial charge in [0.2, 0.25) is 0 Å². The number of nitrogens with two attached hydrogens (primary N) is 1. The highest BCUT2D eigenvalue weighted by Crippen LogP contribution is 2.27. The summed E-state index contributed by atoms with van der Waals surface area (Å²) in [5.41, 5.74) is 6.83. The molecule has 1 unspecified atom stereocenters. The van der Waals surface area contributed by atoms with Crippen molar-refractivity contribution < 1.29 is 14.3 Å². The van der Waals surface area contributed by atoms with Crippen LogP contribution in [0.2, 0.25) is 0 Å². The molecule has 2 heterocycles. The normalized spacial score (nSPS) is 18.5. The number of cyclic esters (lactones) is 1. The van der Waals surface area contributed by atoms with E-state index in [1.807, 2.05) is 22.9 Å². The number of nitrogens with zero attached hydrogens (tertiary/aromatic N) is 3. The number of primary amides is 1. The number of carbonyl (C=O) groups excluding carboxylic acids is 2. The van der Waals surface area contributed by atoms with E-state index in [4.69, 9.17) is 10.5 Å². The van der Waals surface area contributed by atoms with Crippen LogP contribution in [0.1, 0.15) is 19.9 Å². The first-order valence-corrected chi connectivity index (χ1v) is 6.72. The van der Waals surface area contributed by atoms with Gasteiger partial charge in [-0.3, -0.25) is 14.4 Å². The quantitative estimate of drug-likeness (QED) is 0.925. The van der Waals surface area contributed by atoms with Crippen LogP contribution in [0.15, 0.2) is 24.4 Å². The smallest absolute Gasteiger partial charge is 0.415 e. The van der Waals surface area contributed by atoms with Crippen molar-refractivity contribution in [3.63, 3.8) is 0 Å². The molecule has 0 bridgehead atoms. The molecule has 110 valence electrons. The zero-order valence-electron chi connectivity index (χ0n) is 11.8. The maximum Gasteiger partial charge on any atom is 0.415 e. The molecular formula is C14H16N4O3. The van der Waals surface area contributed by atoms with Crippen LogP contribution in [0.5, 0.6) is 0 Å². The van der Waals surface area contributed by atoms with Crippen LogP contribution in [-0.4, -0.2) is 34.4 Å². The molecule has 0 radical (unpaired) electrons. The minimum Gasteiger partial charge on any atom is -0.434 e. The average Bonchev–Trinajstić information content (AvgIpc) is 3.01. The van der Waals surface area contributed by atoms with Crippen molar-refractivity contribution in [2.24, 2.45) is 5.73 Å². The van der Waals surface area contributed by atoms with Crippen LogP contribution < -0.4 is 10.6 Å². The van der Waals surface area contributed by atoms with Crippen molar-refractivity contribution in [2.75, 3.05) is 11.4 Å². The molecule has 2 N–H and O–H groups in total. The van der Waals surface area contributed by atoms with Crippen molar-refractivity contribution in [1.29, 1.82) is 0 Å². The molecule has 1 aliphatic heterocycles. The molecule has 1 fully saturated rings. The van der Waals surface area contributed by atoms with Crippen LogP contribution >= 0.6 is 0 Å². The number of carbonyl (C=O) groups is 2. The zero-order chi connectivity index (χ0) is 15.1. The molecule has 0 aliphatic carbocycles. The molecule has 3 rings (SSSR count). The minimum atomic E-state index is -0.897. The maximum atomic E-state index is 11.8. The zero-order valence-corrected chi connectivity index (χ0v) is 11.8. The maximum absolute atomic E-state index is 11.8. The Kier molecular flexibility index (Phi) is 3.04. The number of anilines is 1. The number of amides is 2. The van der Waals surface area contributed by atoms with Gasteiger partial charge in [-0.15, -0.1) is 0 Å². The van der Waals surface area contributed by atoms with E-state index < -0.39 is 18.1 Å². The van der Waals surface area contributed by atoms with Crippen LogP contribution in [0.4, 0.5) is 10.5 Å². The third-order valence-corrected chi connectivity index (χ3v) is 3.51. The first-order chi connectivity index (χ1) is 9.97. The molecule has 1 aliphatic rings. The Bertz CT molecular complexity index is 722. The summed E-state index contributed by atoms with van der Waals surface area (Å²) in [5, 5.41) is 5.26.